The largest absolute Gasteiger partial charge is 0.396 e. The van der Waals surface area contributed by atoms with Crippen LogP contribution in [0.1, 0.15) is 141 Å². The van der Waals surface area contributed by atoms with E-state index in [4.69, 9.17) is 14.3 Å². The Labute approximate surface area is 231 Å². The van der Waals surface area contributed by atoms with Crippen LogP contribution in [0.2, 0.25) is 0 Å². The predicted octanol–water partition coefficient (Wildman–Crippen LogP) is 10.1. The topological polar surface area (TPSA) is 40.0 Å². The van der Waals surface area contributed by atoms with Gasteiger partial charge in [0.15, 0.2) is 0 Å². The van der Waals surface area contributed by atoms with Crippen LogP contribution in [-0.2, 0) is 14.3 Å². The van der Waals surface area contributed by atoms with Crippen LogP contribution >= 0.6 is 0 Å². The molecule has 37 heavy (non-hydrogen) atoms. The lowest BCUT2D eigenvalue weighted by Gasteiger charge is -2.30. The smallest absolute Gasteiger partial charge is 0.119 e. The van der Waals surface area contributed by atoms with Crippen molar-refractivity contribution in [2.45, 2.75) is 153 Å². The molecule has 0 aliphatic rings. The van der Waals surface area contributed by atoms with Gasteiger partial charge in [0, 0.05) is 13.0 Å². The second-order valence-electron chi connectivity index (χ2n) is 14.6. The normalized spacial score (nSPS) is 14.9. The highest BCUT2D eigenvalue weighted by Gasteiger charge is 2.23. The van der Waals surface area contributed by atoms with Crippen LogP contribution in [0, 0.1) is 10.8 Å². The molecule has 0 amide bonds. The maximum atomic E-state index is 6.16. The first-order valence-electron chi connectivity index (χ1n) is 14.5. The molecule has 0 N–H and O–H groups in total. The molecule has 0 aliphatic heterocycles. The molecule has 0 saturated carbocycles. The lowest BCUT2D eigenvalue weighted by molar-refractivity contribution is -0.0833. The molecule has 0 spiro atoms. The Morgan fingerprint density at radius 3 is 1.65 bits per heavy atom. The standard InChI is InChI=1S/C33H63NO3/c1-27(15-14-16-28(2)19-20-30(4,5)6)17-18-29(3)34-37-26-23-33(12,13)36-25-22-32(10,11)35-24-21-31(7,8)9/h15,19H,14,16-18,20-26H2,1-13H3/b27-15+,28-19+,34-29+. The summed E-state index contributed by atoms with van der Waals surface area (Å²) in [6.07, 6.45) is 12.9. The van der Waals surface area contributed by atoms with Gasteiger partial charge in [-0.1, -0.05) is 70.0 Å². The Balaban J connectivity index is 4.19. The van der Waals surface area contributed by atoms with Gasteiger partial charge in [-0.15, -0.1) is 0 Å². The van der Waals surface area contributed by atoms with Crippen molar-refractivity contribution in [2.75, 3.05) is 19.8 Å². The summed E-state index contributed by atoms with van der Waals surface area (Å²) in [6, 6.07) is 0. The number of oxime groups is 1. The zero-order valence-electron chi connectivity index (χ0n) is 27.1. The number of ether oxygens (including phenoxy) is 2. The molecular formula is C33H63NO3. The van der Waals surface area contributed by atoms with Crippen LogP contribution < -0.4 is 0 Å². The van der Waals surface area contributed by atoms with Crippen LogP contribution in [0.4, 0.5) is 0 Å². The van der Waals surface area contributed by atoms with Crippen molar-refractivity contribution >= 4 is 5.71 Å². The summed E-state index contributed by atoms with van der Waals surface area (Å²) in [4.78, 5) is 5.62. The van der Waals surface area contributed by atoms with E-state index in [0.717, 1.165) is 63.7 Å². The van der Waals surface area contributed by atoms with Crippen LogP contribution in [0.15, 0.2) is 28.5 Å². The maximum Gasteiger partial charge on any atom is 0.119 e. The molecule has 0 aliphatic carbocycles. The average molecular weight is 522 g/mol. The summed E-state index contributed by atoms with van der Waals surface area (Å²) in [5.41, 5.74) is 4.21. The fourth-order valence-corrected chi connectivity index (χ4v) is 3.45. The number of nitrogens with zero attached hydrogens (tertiary/aromatic N) is 1. The quantitative estimate of drug-likeness (QED) is 0.0779. The highest BCUT2D eigenvalue weighted by Crippen LogP contribution is 2.24. The molecule has 218 valence electrons. The third-order valence-electron chi connectivity index (χ3n) is 6.53. The van der Waals surface area contributed by atoms with E-state index in [-0.39, 0.29) is 11.2 Å². The van der Waals surface area contributed by atoms with Crippen molar-refractivity contribution in [3.05, 3.63) is 23.3 Å². The SMILES string of the molecule is C/C(=C\CC(C)(C)C)CC/C=C(\C)CC/C(C)=N/OCCC(C)(C)OCCC(C)(C)OCCC(C)(C)C. The minimum absolute atomic E-state index is 0.173. The molecule has 4 heteroatoms. The zero-order valence-corrected chi connectivity index (χ0v) is 27.1. The van der Waals surface area contributed by atoms with Gasteiger partial charge in [-0.3, -0.25) is 0 Å². The first-order valence-corrected chi connectivity index (χ1v) is 14.5. The summed E-state index contributed by atoms with van der Waals surface area (Å²) in [5, 5.41) is 4.33. The molecule has 0 atom stereocenters. The van der Waals surface area contributed by atoms with E-state index in [1.165, 1.54) is 11.1 Å². The number of hydrogen-bond acceptors (Lipinski definition) is 4. The molecule has 0 radical (unpaired) electrons. The molecule has 0 aromatic rings. The van der Waals surface area contributed by atoms with Gasteiger partial charge in [0.1, 0.15) is 6.61 Å². The Bertz CT molecular complexity index is 715. The highest BCUT2D eigenvalue weighted by molar-refractivity contribution is 5.81. The van der Waals surface area contributed by atoms with Crippen molar-refractivity contribution in [2.24, 2.45) is 16.0 Å². The molecule has 0 bridgehead atoms. The molecule has 0 rings (SSSR count). The van der Waals surface area contributed by atoms with Gasteiger partial charge in [-0.05, 0) is 104 Å². The van der Waals surface area contributed by atoms with Crippen LogP contribution in [0.25, 0.3) is 0 Å². The fraction of sp³-hybridized carbons (Fsp3) is 0.848. The average Bonchev–Trinajstić information content (AvgIpc) is 2.72. The van der Waals surface area contributed by atoms with Crippen molar-refractivity contribution in [1.29, 1.82) is 0 Å². The van der Waals surface area contributed by atoms with Gasteiger partial charge < -0.3 is 14.3 Å². The maximum absolute atomic E-state index is 6.16. The number of hydrogen-bond donors (Lipinski definition) is 0. The minimum atomic E-state index is -0.246. The lowest BCUT2D eigenvalue weighted by atomic mass is 9.91. The molecule has 0 aromatic carbocycles. The van der Waals surface area contributed by atoms with Crippen molar-refractivity contribution in [3.63, 3.8) is 0 Å². The van der Waals surface area contributed by atoms with Crippen LogP contribution in [0.3, 0.4) is 0 Å². The minimum Gasteiger partial charge on any atom is -0.396 e. The second kappa shape index (κ2) is 16.7. The molecule has 0 saturated heterocycles. The van der Waals surface area contributed by atoms with Gasteiger partial charge in [0.2, 0.25) is 0 Å². The van der Waals surface area contributed by atoms with Gasteiger partial charge in [-0.25, -0.2) is 0 Å². The molecule has 0 heterocycles. The van der Waals surface area contributed by atoms with Crippen molar-refractivity contribution in [1.82, 2.24) is 0 Å². The summed E-state index contributed by atoms with van der Waals surface area (Å²) >= 11 is 0. The second-order valence-corrected chi connectivity index (χ2v) is 14.6. The zero-order chi connectivity index (χ0) is 28.8. The molecule has 4 nitrogen and oxygen atoms in total. The lowest BCUT2D eigenvalue weighted by Crippen LogP contribution is -2.32. The molecule has 0 fully saturated rings. The van der Waals surface area contributed by atoms with Gasteiger partial charge in [-0.2, -0.15) is 0 Å². The number of rotatable bonds is 18. The molecular weight excluding hydrogens is 458 g/mol. The van der Waals surface area contributed by atoms with Gasteiger partial charge in [0.25, 0.3) is 0 Å². The summed E-state index contributed by atoms with van der Waals surface area (Å²) < 4.78 is 12.3. The van der Waals surface area contributed by atoms with Crippen LogP contribution in [-0.4, -0.2) is 36.7 Å². The summed E-state index contributed by atoms with van der Waals surface area (Å²) in [5.74, 6) is 0. The third kappa shape index (κ3) is 23.7. The first kappa shape index (κ1) is 35.9. The van der Waals surface area contributed by atoms with E-state index in [1.54, 1.807) is 0 Å². The monoisotopic (exact) mass is 521 g/mol. The van der Waals surface area contributed by atoms with E-state index in [0.29, 0.717) is 24.0 Å². The van der Waals surface area contributed by atoms with Crippen LogP contribution in [0.5, 0.6) is 0 Å². The Hall–Kier alpha value is -1.13. The molecule has 0 unspecified atom stereocenters. The Morgan fingerprint density at radius 2 is 1.11 bits per heavy atom. The Kier molecular flexibility index (Phi) is 16.2. The molecule has 0 aromatic heterocycles. The fourth-order valence-electron chi connectivity index (χ4n) is 3.45. The van der Waals surface area contributed by atoms with Gasteiger partial charge in [0.05, 0.1) is 23.5 Å². The highest BCUT2D eigenvalue weighted by atomic mass is 16.6. The summed E-state index contributed by atoms with van der Waals surface area (Å²) in [7, 11) is 0. The van der Waals surface area contributed by atoms with Crippen molar-refractivity contribution < 1.29 is 14.3 Å². The summed E-state index contributed by atoms with van der Waals surface area (Å²) in [6.45, 7) is 30.7. The first-order chi connectivity index (χ1) is 16.8. The van der Waals surface area contributed by atoms with E-state index < -0.39 is 0 Å². The third-order valence-corrected chi connectivity index (χ3v) is 6.53. The van der Waals surface area contributed by atoms with E-state index in [1.807, 2.05) is 0 Å². The van der Waals surface area contributed by atoms with E-state index in [9.17, 15) is 0 Å². The van der Waals surface area contributed by atoms with Gasteiger partial charge >= 0.3 is 0 Å². The van der Waals surface area contributed by atoms with E-state index >= 15 is 0 Å². The number of allylic oxidation sites excluding steroid dienone is 4. The predicted molar refractivity (Wildman–Crippen MR) is 162 cm³/mol. The Morgan fingerprint density at radius 1 is 0.595 bits per heavy atom. The van der Waals surface area contributed by atoms with Crippen molar-refractivity contribution in [3.8, 4) is 0 Å². The van der Waals surface area contributed by atoms with E-state index in [2.05, 4.69) is 107 Å².